The molecule has 0 heterocycles. The van der Waals surface area contributed by atoms with Crippen LogP contribution in [0, 0.1) is 5.82 Å². The Morgan fingerprint density at radius 3 is 2.58 bits per heavy atom. The van der Waals surface area contributed by atoms with E-state index in [4.69, 9.17) is 22.1 Å². The molecular weight excluding hydrogens is 335 g/mol. The van der Waals surface area contributed by atoms with E-state index in [1.165, 1.54) is 24.3 Å². The third kappa shape index (κ3) is 4.70. The van der Waals surface area contributed by atoms with Crippen LogP contribution in [0.4, 0.5) is 10.1 Å². The zero-order valence-corrected chi connectivity index (χ0v) is 13.6. The molecule has 0 fully saturated rings. The zero-order valence-electron chi connectivity index (χ0n) is 12.9. The van der Waals surface area contributed by atoms with Gasteiger partial charge < -0.3 is 15.8 Å². The minimum absolute atomic E-state index is 0.0990. The van der Waals surface area contributed by atoms with Crippen molar-refractivity contribution in [3.8, 4) is 0 Å². The van der Waals surface area contributed by atoms with Gasteiger partial charge in [-0.2, -0.15) is 0 Å². The number of benzene rings is 2. The van der Waals surface area contributed by atoms with Gasteiger partial charge in [-0.25, -0.2) is 9.18 Å². The molecule has 0 aromatic heterocycles. The lowest BCUT2D eigenvalue weighted by Crippen LogP contribution is -2.31. The quantitative estimate of drug-likeness (QED) is 0.641. The molecule has 0 spiro atoms. The average molecular weight is 351 g/mol. The van der Waals surface area contributed by atoms with Crippen molar-refractivity contribution >= 4 is 29.2 Å². The molecule has 0 saturated carbocycles. The van der Waals surface area contributed by atoms with E-state index in [0.717, 1.165) is 5.56 Å². The fourth-order valence-corrected chi connectivity index (χ4v) is 2.20. The summed E-state index contributed by atoms with van der Waals surface area (Å²) in [6.45, 7) is 1.28. The number of hydrogen-bond acceptors (Lipinski definition) is 4. The summed E-state index contributed by atoms with van der Waals surface area (Å²) in [5, 5.41) is 2.99. The lowest BCUT2D eigenvalue weighted by atomic mass is 10.1. The molecule has 0 aliphatic carbocycles. The van der Waals surface area contributed by atoms with Crippen LogP contribution in [0.5, 0.6) is 0 Å². The zero-order chi connectivity index (χ0) is 17.7. The Balaban J connectivity index is 1.89. The van der Waals surface area contributed by atoms with E-state index >= 15 is 0 Å². The van der Waals surface area contributed by atoms with Crippen LogP contribution in [0.2, 0.25) is 5.02 Å². The maximum atomic E-state index is 12.9. The number of esters is 1. The van der Waals surface area contributed by atoms with Crippen molar-refractivity contribution < 1.29 is 18.7 Å². The summed E-state index contributed by atoms with van der Waals surface area (Å²) in [5.41, 5.74) is 6.72. The second kappa shape index (κ2) is 7.79. The molecule has 5 nitrogen and oxygen atoms in total. The number of halogens is 2. The summed E-state index contributed by atoms with van der Waals surface area (Å²) in [5.74, 6) is -1.58. The van der Waals surface area contributed by atoms with E-state index in [2.05, 4.69) is 5.32 Å². The van der Waals surface area contributed by atoms with Gasteiger partial charge in [0.15, 0.2) is 6.61 Å². The topological polar surface area (TPSA) is 81.4 Å². The lowest BCUT2D eigenvalue weighted by molar-refractivity contribution is -0.124. The number of nitrogen functional groups attached to an aromatic ring is 1. The highest BCUT2D eigenvalue weighted by Gasteiger charge is 2.15. The second-order valence-corrected chi connectivity index (χ2v) is 5.58. The molecule has 0 aliphatic rings. The molecule has 3 N–H and O–H groups in total. The van der Waals surface area contributed by atoms with Crippen molar-refractivity contribution in [1.82, 2.24) is 5.32 Å². The molecule has 24 heavy (non-hydrogen) atoms. The van der Waals surface area contributed by atoms with Gasteiger partial charge in [-0.3, -0.25) is 4.79 Å². The van der Waals surface area contributed by atoms with Crippen molar-refractivity contribution in [2.45, 2.75) is 13.0 Å². The Hall–Kier alpha value is -2.60. The number of carbonyl (C=O) groups is 2. The highest BCUT2D eigenvalue weighted by atomic mass is 35.5. The van der Waals surface area contributed by atoms with Gasteiger partial charge in [0.05, 0.1) is 11.6 Å². The van der Waals surface area contributed by atoms with E-state index in [9.17, 15) is 14.0 Å². The molecule has 2 aromatic rings. The van der Waals surface area contributed by atoms with Crippen molar-refractivity contribution in [3.05, 3.63) is 64.4 Å². The SMILES string of the molecule is C[C@H](NC(=O)COC(=O)c1cc(Cl)ccc1N)c1ccc(F)cc1. The second-order valence-electron chi connectivity index (χ2n) is 5.15. The van der Waals surface area contributed by atoms with E-state index in [-0.39, 0.29) is 23.1 Å². The predicted octanol–water partition coefficient (Wildman–Crippen LogP) is 3.10. The molecule has 2 aromatic carbocycles. The molecule has 1 amide bonds. The van der Waals surface area contributed by atoms with Crippen molar-refractivity contribution in [3.63, 3.8) is 0 Å². The number of anilines is 1. The van der Waals surface area contributed by atoms with Gasteiger partial charge in [0.1, 0.15) is 5.82 Å². The average Bonchev–Trinajstić information content (AvgIpc) is 2.55. The molecule has 0 unspecified atom stereocenters. The van der Waals surface area contributed by atoms with E-state index < -0.39 is 18.5 Å². The number of nitrogens with two attached hydrogens (primary N) is 1. The fourth-order valence-electron chi connectivity index (χ4n) is 2.03. The largest absolute Gasteiger partial charge is 0.452 e. The van der Waals surface area contributed by atoms with Crippen LogP contribution < -0.4 is 11.1 Å². The number of carbonyl (C=O) groups excluding carboxylic acids is 2. The smallest absolute Gasteiger partial charge is 0.340 e. The Morgan fingerprint density at radius 1 is 1.25 bits per heavy atom. The normalized spacial score (nSPS) is 11.6. The van der Waals surface area contributed by atoms with Crippen LogP contribution in [0.15, 0.2) is 42.5 Å². The summed E-state index contributed by atoms with van der Waals surface area (Å²) in [6.07, 6.45) is 0. The lowest BCUT2D eigenvalue weighted by Gasteiger charge is -2.14. The van der Waals surface area contributed by atoms with Crippen LogP contribution in [0.1, 0.15) is 28.9 Å². The van der Waals surface area contributed by atoms with E-state index in [1.54, 1.807) is 25.1 Å². The number of nitrogens with one attached hydrogen (secondary N) is 1. The monoisotopic (exact) mass is 350 g/mol. The van der Waals surface area contributed by atoms with E-state index in [0.29, 0.717) is 5.02 Å². The van der Waals surface area contributed by atoms with Gasteiger partial charge in [0.25, 0.3) is 5.91 Å². The molecule has 0 saturated heterocycles. The highest BCUT2D eigenvalue weighted by molar-refractivity contribution is 6.31. The van der Waals surface area contributed by atoms with Crippen LogP contribution >= 0.6 is 11.6 Å². The molecular formula is C17H16ClFN2O3. The molecule has 1 atom stereocenters. The van der Waals surface area contributed by atoms with Crippen LogP contribution in [-0.4, -0.2) is 18.5 Å². The van der Waals surface area contributed by atoms with Crippen LogP contribution in [0.25, 0.3) is 0 Å². The van der Waals surface area contributed by atoms with Gasteiger partial charge in [-0.05, 0) is 42.8 Å². The first kappa shape index (κ1) is 17.7. The third-order valence-corrected chi connectivity index (χ3v) is 3.55. The molecule has 7 heteroatoms. The summed E-state index contributed by atoms with van der Waals surface area (Å²) in [4.78, 5) is 23.8. The summed E-state index contributed by atoms with van der Waals surface area (Å²) in [6, 6.07) is 9.80. The minimum Gasteiger partial charge on any atom is -0.452 e. The number of ether oxygens (including phenoxy) is 1. The Kier molecular flexibility index (Phi) is 5.76. The molecule has 2 rings (SSSR count). The predicted molar refractivity (Wildman–Crippen MR) is 89.1 cm³/mol. The number of hydrogen-bond donors (Lipinski definition) is 2. The molecule has 0 bridgehead atoms. The minimum atomic E-state index is -0.736. The maximum Gasteiger partial charge on any atom is 0.340 e. The molecule has 0 aliphatic heterocycles. The van der Waals surface area contributed by atoms with Crippen molar-refractivity contribution in [1.29, 1.82) is 0 Å². The Bertz CT molecular complexity index is 750. The summed E-state index contributed by atoms with van der Waals surface area (Å²) < 4.78 is 17.8. The highest BCUT2D eigenvalue weighted by Crippen LogP contribution is 2.19. The van der Waals surface area contributed by atoms with Crippen molar-refractivity contribution in [2.75, 3.05) is 12.3 Å². The first-order valence-electron chi connectivity index (χ1n) is 7.14. The van der Waals surface area contributed by atoms with Gasteiger partial charge >= 0.3 is 5.97 Å². The fraction of sp³-hybridized carbons (Fsp3) is 0.176. The van der Waals surface area contributed by atoms with Gasteiger partial charge in [-0.1, -0.05) is 23.7 Å². The van der Waals surface area contributed by atoms with Gasteiger partial charge in [0.2, 0.25) is 0 Å². The summed E-state index contributed by atoms with van der Waals surface area (Å²) >= 11 is 5.80. The maximum absolute atomic E-state index is 12.9. The Morgan fingerprint density at radius 2 is 1.92 bits per heavy atom. The van der Waals surface area contributed by atoms with Gasteiger partial charge in [0, 0.05) is 10.7 Å². The molecule has 0 radical (unpaired) electrons. The third-order valence-electron chi connectivity index (χ3n) is 3.32. The van der Waals surface area contributed by atoms with Crippen molar-refractivity contribution in [2.24, 2.45) is 0 Å². The van der Waals surface area contributed by atoms with Gasteiger partial charge in [-0.15, -0.1) is 0 Å². The van der Waals surface area contributed by atoms with Crippen LogP contribution in [-0.2, 0) is 9.53 Å². The number of amides is 1. The molecule has 126 valence electrons. The number of rotatable bonds is 5. The standard InChI is InChI=1S/C17H16ClFN2O3/c1-10(11-2-5-13(19)6-3-11)21-16(22)9-24-17(23)14-8-12(18)4-7-15(14)20/h2-8,10H,9,20H2,1H3,(H,21,22)/t10-/m0/s1. The Labute approximate surface area is 143 Å². The van der Waals surface area contributed by atoms with E-state index in [1.807, 2.05) is 0 Å². The first-order valence-corrected chi connectivity index (χ1v) is 7.51. The first-order chi connectivity index (χ1) is 11.4. The summed E-state index contributed by atoms with van der Waals surface area (Å²) in [7, 11) is 0. The van der Waals surface area contributed by atoms with Crippen LogP contribution in [0.3, 0.4) is 0 Å².